The van der Waals surface area contributed by atoms with Crippen LogP contribution in [0.3, 0.4) is 0 Å². The van der Waals surface area contributed by atoms with Crippen LogP contribution in [0.4, 0.5) is 14.5 Å². The lowest BCUT2D eigenvalue weighted by atomic mass is 10.1. The monoisotopic (exact) mass is 309 g/mol. The highest BCUT2D eigenvalue weighted by Crippen LogP contribution is 2.29. The van der Waals surface area contributed by atoms with Crippen LogP contribution >= 0.6 is 11.8 Å². The summed E-state index contributed by atoms with van der Waals surface area (Å²) in [6, 6.07) is 14.8. The number of para-hydroxylation sites is 1. The third kappa shape index (κ3) is 4.36. The zero-order chi connectivity index (χ0) is 15.2. The molecule has 0 aliphatic rings. The van der Waals surface area contributed by atoms with E-state index in [2.05, 4.69) is 16.1 Å². The fourth-order valence-corrected chi connectivity index (χ4v) is 2.58. The number of anilines is 1. The van der Waals surface area contributed by atoms with Crippen LogP contribution in [0.2, 0.25) is 0 Å². The predicted molar refractivity (Wildman–Crippen MR) is 83.3 cm³/mol. The van der Waals surface area contributed by atoms with Crippen LogP contribution in [0.1, 0.15) is 18.5 Å². The van der Waals surface area contributed by atoms with E-state index in [0.29, 0.717) is 0 Å². The van der Waals surface area contributed by atoms with Crippen molar-refractivity contribution in [2.45, 2.75) is 24.5 Å². The Kier molecular flexibility index (Phi) is 5.44. The summed E-state index contributed by atoms with van der Waals surface area (Å²) in [6.45, 7) is -0.764. The second-order valence-electron chi connectivity index (χ2n) is 4.51. The van der Waals surface area contributed by atoms with Crippen LogP contribution in [-0.2, 0) is 0 Å². The first-order valence-corrected chi connectivity index (χ1v) is 7.77. The molecule has 0 saturated carbocycles. The van der Waals surface area contributed by atoms with Gasteiger partial charge in [0.05, 0.1) is 0 Å². The van der Waals surface area contributed by atoms with Crippen molar-refractivity contribution in [2.75, 3.05) is 11.6 Å². The minimum Gasteiger partial charge on any atom is -0.435 e. The highest BCUT2D eigenvalue weighted by molar-refractivity contribution is 7.98. The summed E-state index contributed by atoms with van der Waals surface area (Å²) in [6.07, 6.45) is 2.03. The summed E-state index contributed by atoms with van der Waals surface area (Å²) in [5.74, 6) is 0.172. The molecule has 0 spiro atoms. The topological polar surface area (TPSA) is 21.3 Å². The number of thioether (sulfide) groups is 1. The van der Waals surface area contributed by atoms with Gasteiger partial charge in [0.2, 0.25) is 0 Å². The molecule has 1 N–H and O–H groups in total. The molecule has 21 heavy (non-hydrogen) atoms. The van der Waals surface area contributed by atoms with Gasteiger partial charge >= 0.3 is 6.61 Å². The van der Waals surface area contributed by atoms with Crippen LogP contribution < -0.4 is 10.1 Å². The minimum absolute atomic E-state index is 0.0684. The van der Waals surface area contributed by atoms with Crippen LogP contribution in [0.15, 0.2) is 53.4 Å². The number of nitrogens with one attached hydrogen (secondary N) is 1. The van der Waals surface area contributed by atoms with Gasteiger partial charge in [-0.05, 0) is 43.0 Å². The summed E-state index contributed by atoms with van der Waals surface area (Å²) >= 11 is 1.68. The van der Waals surface area contributed by atoms with Crippen molar-refractivity contribution in [2.24, 2.45) is 0 Å². The molecule has 0 bridgehead atoms. The third-order valence-corrected chi connectivity index (χ3v) is 3.88. The molecular weight excluding hydrogens is 292 g/mol. The lowest BCUT2D eigenvalue weighted by molar-refractivity contribution is -0.0498. The number of halogens is 2. The van der Waals surface area contributed by atoms with Crippen molar-refractivity contribution in [3.8, 4) is 5.75 Å². The van der Waals surface area contributed by atoms with Crippen molar-refractivity contribution in [1.82, 2.24) is 0 Å². The van der Waals surface area contributed by atoms with Crippen molar-refractivity contribution in [3.63, 3.8) is 0 Å². The van der Waals surface area contributed by atoms with Crippen molar-refractivity contribution >= 4 is 17.4 Å². The molecule has 2 aromatic rings. The first kappa shape index (κ1) is 15.6. The third-order valence-electron chi connectivity index (χ3n) is 3.08. The van der Waals surface area contributed by atoms with Gasteiger partial charge in [0.25, 0.3) is 0 Å². The molecule has 2 rings (SSSR count). The quantitative estimate of drug-likeness (QED) is 0.743. The van der Waals surface area contributed by atoms with E-state index in [-0.39, 0.29) is 11.8 Å². The Morgan fingerprint density at radius 3 is 2.33 bits per heavy atom. The highest BCUT2D eigenvalue weighted by Gasteiger charge is 2.09. The fourth-order valence-electron chi connectivity index (χ4n) is 2.02. The van der Waals surface area contributed by atoms with Gasteiger partial charge < -0.3 is 10.1 Å². The van der Waals surface area contributed by atoms with Gasteiger partial charge in [0.1, 0.15) is 5.75 Å². The normalized spacial score (nSPS) is 12.2. The first-order chi connectivity index (χ1) is 10.1. The molecule has 112 valence electrons. The van der Waals surface area contributed by atoms with Crippen LogP contribution in [0.25, 0.3) is 0 Å². The maximum absolute atomic E-state index is 12.1. The Hall–Kier alpha value is -1.75. The molecule has 0 aromatic heterocycles. The molecule has 0 saturated heterocycles. The van der Waals surface area contributed by atoms with Crippen LogP contribution in [0.5, 0.6) is 5.75 Å². The van der Waals surface area contributed by atoms with Crippen LogP contribution in [0, 0.1) is 0 Å². The molecule has 0 heterocycles. The van der Waals surface area contributed by atoms with Gasteiger partial charge in [-0.1, -0.05) is 24.3 Å². The smallest absolute Gasteiger partial charge is 0.387 e. The molecule has 0 amide bonds. The van der Waals surface area contributed by atoms with Crippen molar-refractivity contribution in [1.29, 1.82) is 0 Å². The molecule has 0 fully saturated rings. The maximum atomic E-state index is 12.1. The second kappa shape index (κ2) is 7.31. The van der Waals surface area contributed by atoms with Gasteiger partial charge in [-0.3, -0.25) is 0 Å². The van der Waals surface area contributed by atoms with E-state index in [0.717, 1.165) is 11.3 Å². The largest absolute Gasteiger partial charge is 0.435 e. The van der Waals surface area contributed by atoms with Gasteiger partial charge in [-0.2, -0.15) is 8.78 Å². The van der Waals surface area contributed by atoms with Gasteiger partial charge in [-0.25, -0.2) is 0 Å². The summed E-state index contributed by atoms with van der Waals surface area (Å²) in [5.41, 5.74) is 2.07. The lowest BCUT2D eigenvalue weighted by Gasteiger charge is -2.18. The maximum Gasteiger partial charge on any atom is 0.387 e. The van der Waals surface area contributed by atoms with Gasteiger partial charge in [-0.15, -0.1) is 11.8 Å². The van der Waals surface area contributed by atoms with E-state index in [1.165, 1.54) is 4.90 Å². The molecule has 2 aromatic carbocycles. The van der Waals surface area contributed by atoms with Crippen LogP contribution in [-0.4, -0.2) is 12.9 Å². The second-order valence-corrected chi connectivity index (χ2v) is 5.36. The Morgan fingerprint density at radius 2 is 1.71 bits per heavy atom. The molecule has 0 aliphatic heterocycles. The van der Waals surface area contributed by atoms with Gasteiger partial charge in [0.15, 0.2) is 0 Å². The summed E-state index contributed by atoms with van der Waals surface area (Å²) in [5, 5.41) is 3.43. The molecule has 2 nitrogen and oxygen atoms in total. The number of benzene rings is 2. The summed E-state index contributed by atoms with van der Waals surface area (Å²) < 4.78 is 28.6. The Labute approximate surface area is 127 Å². The van der Waals surface area contributed by atoms with Crippen molar-refractivity contribution in [3.05, 3.63) is 54.1 Å². The summed E-state index contributed by atoms with van der Waals surface area (Å²) in [7, 11) is 0. The highest BCUT2D eigenvalue weighted by atomic mass is 32.2. The lowest BCUT2D eigenvalue weighted by Crippen LogP contribution is -2.07. The number of rotatable bonds is 6. The molecular formula is C16H17F2NOS. The first-order valence-electron chi connectivity index (χ1n) is 6.54. The van der Waals surface area contributed by atoms with E-state index >= 15 is 0 Å². The number of ether oxygens (including phenoxy) is 1. The minimum atomic E-state index is -2.79. The standard InChI is InChI=1S/C16H17F2NOS/c1-11(19-14-5-3-4-6-15(14)21-2)12-7-9-13(10-8-12)20-16(17)18/h3-11,16,19H,1-2H3. The van der Waals surface area contributed by atoms with E-state index in [1.807, 2.05) is 31.4 Å². The Bertz CT molecular complexity index is 575. The zero-order valence-corrected chi connectivity index (χ0v) is 12.7. The van der Waals surface area contributed by atoms with Crippen molar-refractivity contribution < 1.29 is 13.5 Å². The Balaban J connectivity index is 2.07. The van der Waals surface area contributed by atoms with E-state index in [9.17, 15) is 8.78 Å². The van der Waals surface area contributed by atoms with E-state index in [1.54, 1.807) is 36.0 Å². The summed E-state index contributed by atoms with van der Waals surface area (Å²) in [4.78, 5) is 1.17. The number of hydrogen-bond donors (Lipinski definition) is 1. The molecule has 0 aliphatic carbocycles. The number of hydrogen-bond acceptors (Lipinski definition) is 3. The van der Waals surface area contributed by atoms with Gasteiger partial charge in [0, 0.05) is 16.6 Å². The Morgan fingerprint density at radius 1 is 1.05 bits per heavy atom. The molecule has 5 heteroatoms. The molecule has 0 radical (unpaired) electrons. The zero-order valence-electron chi connectivity index (χ0n) is 11.8. The van der Waals surface area contributed by atoms with E-state index in [4.69, 9.17) is 0 Å². The fraction of sp³-hybridized carbons (Fsp3) is 0.250. The molecule has 1 atom stereocenters. The number of alkyl halides is 2. The van der Waals surface area contributed by atoms with E-state index < -0.39 is 6.61 Å². The SMILES string of the molecule is CSc1ccccc1NC(C)c1ccc(OC(F)F)cc1. The average molecular weight is 309 g/mol. The molecule has 1 unspecified atom stereocenters. The average Bonchev–Trinajstić information content (AvgIpc) is 2.48. The predicted octanol–water partition coefficient (Wildman–Crippen LogP) is 5.18.